The van der Waals surface area contributed by atoms with Crippen LogP contribution in [0.4, 0.5) is 13.2 Å². The first-order chi connectivity index (χ1) is 7.26. The summed E-state index contributed by atoms with van der Waals surface area (Å²) in [5, 5.41) is 26.6. The lowest BCUT2D eigenvalue weighted by Gasteiger charge is -2.32. The van der Waals surface area contributed by atoms with Crippen LogP contribution in [0.15, 0.2) is 0 Å². The Kier molecular flexibility index (Phi) is 6.24. The SMILES string of the molecule is CC(CO)(CO)CN(CCO)CC(F)(F)F. The Bertz CT molecular complexity index is 195. The molecule has 0 atom stereocenters. The third kappa shape index (κ3) is 6.26. The maximum atomic E-state index is 12.2. The van der Waals surface area contributed by atoms with E-state index in [0.717, 1.165) is 4.90 Å². The Labute approximate surface area is 92.3 Å². The van der Waals surface area contributed by atoms with Gasteiger partial charge in [-0.25, -0.2) is 0 Å². The molecule has 0 bridgehead atoms. The molecule has 0 aliphatic carbocycles. The molecule has 0 aromatic rings. The summed E-state index contributed by atoms with van der Waals surface area (Å²) in [5.41, 5.74) is -1.000. The van der Waals surface area contributed by atoms with Crippen LogP contribution in [0.25, 0.3) is 0 Å². The van der Waals surface area contributed by atoms with E-state index in [1.807, 2.05) is 0 Å². The van der Waals surface area contributed by atoms with Gasteiger partial charge in [-0.3, -0.25) is 4.90 Å². The van der Waals surface area contributed by atoms with Gasteiger partial charge >= 0.3 is 6.18 Å². The van der Waals surface area contributed by atoms with Gasteiger partial charge in [-0.1, -0.05) is 6.92 Å². The minimum atomic E-state index is -4.36. The minimum absolute atomic E-state index is 0.125. The quantitative estimate of drug-likeness (QED) is 0.583. The highest BCUT2D eigenvalue weighted by atomic mass is 19.4. The molecule has 0 heterocycles. The van der Waals surface area contributed by atoms with Crippen molar-refractivity contribution in [3.05, 3.63) is 0 Å². The summed E-state index contributed by atoms with van der Waals surface area (Å²) in [6, 6.07) is 0. The average molecular weight is 245 g/mol. The van der Waals surface area contributed by atoms with Gasteiger partial charge in [-0.2, -0.15) is 13.2 Å². The Morgan fingerprint density at radius 3 is 1.81 bits per heavy atom. The highest BCUT2D eigenvalue weighted by Crippen LogP contribution is 2.21. The molecular weight excluding hydrogens is 227 g/mol. The molecule has 0 radical (unpaired) electrons. The van der Waals surface area contributed by atoms with E-state index in [0.29, 0.717) is 0 Å². The van der Waals surface area contributed by atoms with E-state index in [-0.39, 0.29) is 13.1 Å². The largest absolute Gasteiger partial charge is 0.401 e. The third-order valence-electron chi connectivity index (χ3n) is 2.19. The first-order valence-corrected chi connectivity index (χ1v) is 4.88. The molecule has 0 aliphatic rings. The van der Waals surface area contributed by atoms with Gasteiger partial charge in [0.05, 0.1) is 26.4 Å². The molecule has 0 saturated heterocycles. The van der Waals surface area contributed by atoms with Crippen LogP contribution in [0.1, 0.15) is 6.92 Å². The van der Waals surface area contributed by atoms with Crippen molar-refractivity contribution >= 4 is 0 Å². The molecule has 4 nitrogen and oxygen atoms in total. The molecule has 0 saturated carbocycles. The van der Waals surface area contributed by atoms with Crippen molar-refractivity contribution in [2.45, 2.75) is 13.1 Å². The predicted octanol–water partition coefficient (Wildman–Crippen LogP) is -0.166. The summed E-state index contributed by atoms with van der Waals surface area (Å²) >= 11 is 0. The highest BCUT2D eigenvalue weighted by molar-refractivity contribution is 4.78. The predicted molar refractivity (Wildman–Crippen MR) is 51.9 cm³/mol. The monoisotopic (exact) mass is 245 g/mol. The van der Waals surface area contributed by atoms with Gasteiger partial charge in [-0.05, 0) is 0 Å². The smallest absolute Gasteiger partial charge is 0.396 e. The summed E-state index contributed by atoms with van der Waals surface area (Å²) < 4.78 is 36.5. The maximum absolute atomic E-state index is 12.2. The molecular formula is C9H18F3NO3. The standard InChI is InChI=1S/C9H18F3NO3/c1-8(6-15,7-16)4-13(2-3-14)5-9(10,11)12/h14-16H,2-7H2,1H3. The van der Waals surface area contributed by atoms with Crippen molar-refractivity contribution in [2.75, 3.05) is 39.5 Å². The maximum Gasteiger partial charge on any atom is 0.401 e. The molecule has 3 N–H and O–H groups in total. The van der Waals surface area contributed by atoms with Crippen molar-refractivity contribution in [1.29, 1.82) is 0 Å². The number of nitrogens with zero attached hydrogens (tertiary/aromatic N) is 1. The van der Waals surface area contributed by atoms with Gasteiger partial charge in [0.15, 0.2) is 0 Å². The molecule has 7 heteroatoms. The summed E-state index contributed by atoms with van der Waals surface area (Å²) in [7, 11) is 0. The fourth-order valence-electron chi connectivity index (χ4n) is 1.30. The van der Waals surface area contributed by atoms with Crippen LogP contribution in [0.2, 0.25) is 0 Å². The van der Waals surface area contributed by atoms with Crippen molar-refractivity contribution in [3.63, 3.8) is 0 Å². The zero-order chi connectivity index (χ0) is 12.8. The molecule has 0 unspecified atom stereocenters. The number of rotatable bonds is 7. The summed E-state index contributed by atoms with van der Waals surface area (Å²) in [6.07, 6.45) is -4.36. The van der Waals surface area contributed by atoms with Gasteiger partial charge in [0, 0.05) is 18.5 Å². The molecule has 0 rings (SSSR count). The summed E-state index contributed by atoms with van der Waals surface area (Å²) in [6.45, 7) is -1.18. The molecule has 0 aromatic heterocycles. The minimum Gasteiger partial charge on any atom is -0.396 e. The van der Waals surface area contributed by atoms with Gasteiger partial charge in [0.2, 0.25) is 0 Å². The molecule has 0 spiro atoms. The van der Waals surface area contributed by atoms with Crippen LogP contribution in [-0.4, -0.2) is 65.9 Å². The van der Waals surface area contributed by atoms with Gasteiger partial charge in [0.25, 0.3) is 0 Å². The Hall–Kier alpha value is -0.370. The Morgan fingerprint density at radius 1 is 1.00 bits per heavy atom. The zero-order valence-electron chi connectivity index (χ0n) is 9.17. The number of aliphatic hydroxyl groups excluding tert-OH is 3. The lowest BCUT2D eigenvalue weighted by molar-refractivity contribution is -0.151. The van der Waals surface area contributed by atoms with E-state index in [1.54, 1.807) is 0 Å². The first kappa shape index (κ1) is 15.6. The van der Waals surface area contributed by atoms with Crippen molar-refractivity contribution in [1.82, 2.24) is 4.90 Å². The number of halogens is 3. The van der Waals surface area contributed by atoms with E-state index in [9.17, 15) is 13.2 Å². The lowest BCUT2D eigenvalue weighted by Crippen LogP contribution is -2.45. The Morgan fingerprint density at radius 2 is 1.50 bits per heavy atom. The van der Waals surface area contributed by atoms with Crippen LogP contribution in [0, 0.1) is 5.41 Å². The van der Waals surface area contributed by atoms with Crippen LogP contribution in [-0.2, 0) is 0 Å². The van der Waals surface area contributed by atoms with Crippen LogP contribution in [0.5, 0.6) is 0 Å². The average Bonchev–Trinajstić information content (AvgIpc) is 2.15. The highest BCUT2D eigenvalue weighted by Gasteiger charge is 2.34. The number of alkyl halides is 3. The number of hydrogen-bond acceptors (Lipinski definition) is 4. The normalized spacial score (nSPS) is 13.5. The van der Waals surface area contributed by atoms with Crippen molar-refractivity contribution in [2.24, 2.45) is 5.41 Å². The topological polar surface area (TPSA) is 63.9 Å². The van der Waals surface area contributed by atoms with Gasteiger partial charge in [0.1, 0.15) is 0 Å². The third-order valence-corrected chi connectivity index (χ3v) is 2.19. The molecule has 0 aliphatic heterocycles. The first-order valence-electron chi connectivity index (χ1n) is 4.88. The molecule has 0 fully saturated rings. The fraction of sp³-hybridized carbons (Fsp3) is 1.00. The van der Waals surface area contributed by atoms with E-state index < -0.39 is 38.0 Å². The summed E-state index contributed by atoms with van der Waals surface area (Å²) in [4.78, 5) is 0.965. The number of hydrogen-bond donors (Lipinski definition) is 3. The second-order valence-electron chi connectivity index (χ2n) is 4.18. The second-order valence-corrected chi connectivity index (χ2v) is 4.18. The summed E-state index contributed by atoms with van der Waals surface area (Å²) in [5.74, 6) is 0. The molecule has 98 valence electrons. The van der Waals surface area contributed by atoms with Gasteiger partial charge < -0.3 is 15.3 Å². The van der Waals surface area contributed by atoms with Gasteiger partial charge in [-0.15, -0.1) is 0 Å². The van der Waals surface area contributed by atoms with Crippen LogP contribution < -0.4 is 0 Å². The van der Waals surface area contributed by atoms with E-state index in [2.05, 4.69) is 0 Å². The van der Waals surface area contributed by atoms with Crippen LogP contribution in [0.3, 0.4) is 0 Å². The van der Waals surface area contributed by atoms with Crippen molar-refractivity contribution < 1.29 is 28.5 Å². The number of aliphatic hydroxyl groups is 3. The fourth-order valence-corrected chi connectivity index (χ4v) is 1.30. The van der Waals surface area contributed by atoms with E-state index >= 15 is 0 Å². The molecule has 16 heavy (non-hydrogen) atoms. The molecule has 0 aromatic carbocycles. The molecule has 0 amide bonds. The van der Waals surface area contributed by atoms with E-state index in [4.69, 9.17) is 15.3 Å². The van der Waals surface area contributed by atoms with Crippen molar-refractivity contribution in [3.8, 4) is 0 Å². The Balaban J connectivity index is 4.43. The lowest BCUT2D eigenvalue weighted by atomic mass is 9.92. The van der Waals surface area contributed by atoms with Crippen LogP contribution >= 0.6 is 0 Å². The van der Waals surface area contributed by atoms with E-state index in [1.165, 1.54) is 6.92 Å². The zero-order valence-corrected chi connectivity index (χ0v) is 9.17. The second kappa shape index (κ2) is 6.39.